The summed E-state index contributed by atoms with van der Waals surface area (Å²) in [6.07, 6.45) is 5.17. The molecule has 2 aromatic carbocycles. The lowest BCUT2D eigenvalue weighted by atomic mass is 10.2. The fraction of sp³-hybridized carbons (Fsp3) is 0.0952. The van der Waals surface area contributed by atoms with E-state index in [9.17, 15) is 9.18 Å². The van der Waals surface area contributed by atoms with Gasteiger partial charge in [0.15, 0.2) is 0 Å². The van der Waals surface area contributed by atoms with E-state index in [0.717, 1.165) is 16.6 Å². The van der Waals surface area contributed by atoms with Crippen molar-refractivity contribution in [3.8, 4) is 0 Å². The average Bonchev–Trinajstić information content (AvgIpc) is 3.11. The van der Waals surface area contributed by atoms with E-state index in [-0.39, 0.29) is 11.7 Å². The predicted molar refractivity (Wildman–Crippen MR) is 106 cm³/mol. The number of nitrogens with zero attached hydrogens (tertiary/aromatic N) is 3. The molecule has 2 aromatic heterocycles. The zero-order chi connectivity index (χ0) is 19.3. The summed E-state index contributed by atoms with van der Waals surface area (Å²) in [5.74, 6) is 0.00949. The van der Waals surface area contributed by atoms with Crippen molar-refractivity contribution in [2.75, 3.05) is 11.9 Å². The van der Waals surface area contributed by atoms with Crippen molar-refractivity contribution in [3.05, 3.63) is 84.6 Å². The molecule has 0 atom stereocenters. The summed E-state index contributed by atoms with van der Waals surface area (Å²) >= 11 is 0. The first-order chi connectivity index (χ1) is 13.7. The van der Waals surface area contributed by atoms with E-state index < -0.39 is 0 Å². The number of fused-ring (bicyclic) bond motifs is 1. The van der Waals surface area contributed by atoms with Gasteiger partial charge in [0.2, 0.25) is 5.95 Å². The van der Waals surface area contributed by atoms with E-state index >= 15 is 0 Å². The summed E-state index contributed by atoms with van der Waals surface area (Å²) < 4.78 is 15.4. The quantitative estimate of drug-likeness (QED) is 0.538. The fourth-order valence-electron chi connectivity index (χ4n) is 2.97. The number of hydrogen-bond acceptors (Lipinski definition) is 4. The Morgan fingerprint density at radius 3 is 2.75 bits per heavy atom. The second-order valence-electron chi connectivity index (χ2n) is 6.25. The van der Waals surface area contributed by atoms with Gasteiger partial charge in [-0.2, -0.15) is 0 Å². The van der Waals surface area contributed by atoms with Crippen molar-refractivity contribution in [2.24, 2.45) is 0 Å². The van der Waals surface area contributed by atoms with Crippen LogP contribution in [0.25, 0.3) is 10.9 Å². The maximum Gasteiger partial charge on any atom is 0.251 e. The van der Waals surface area contributed by atoms with Crippen LogP contribution in [-0.2, 0) is 6.54 Å². The van der Waals surface area contributed by atoms with E-state index in [0.29, 0.717) is 24.6 Å². The lowest BCUT2D eigenvalue weighted by molar-refractivity contribution is 0.0952. The predicted octanol–water partition coefficient (Wildman–Crippen LogP) is 3.74. The number of aromatic nitrogens is 3. The van der Waals surface area contributed by atoms with Crippen LogP contribution in [0.5, 0.6) is 0 Å². The molecule has 1 amide bonds. The Kier molecular flexibility index (Phi) is 4.97. The molecule has 0 aliphatic rings. The van der Waals surface area contributed by atoms with Crippen LogP contribution in [0.1, 0.15) is 10.4 Å². The van der Waals surface area contributed by atoms with Gasteiger partial charge in [0, 0.05) is 42.9 Å². The Labute approximate surface area is 161 Å². The Morgan fingerprint density at radius 1 is 1.04 bits per heavy atom. The molecule has 0 aliphatic carbocycles. The highest BCUT2D eigenvalue weighted by molar-refractivity contribution is 5.95. The number of benzene rings is 2. The molecule has 4 rings (SSSR count). The molecular weight excluding hydrogens is 357 g/mol. The van der Waals surface area contributed by atoms with Gasteiger partial charge in [-0.3, -0.25) is 4.79 Å². The molecule has 0 fully saturated rings. The van der Waals surface area contributed by atoms with Gasteiger partial charge in [0.05, 0.1) is 5.52 Å². The minimum absolute atomic E-state index is 0.180. The topological polar surface area (TPSA) is 71.8 Å². The number of amides is 1. The second kappa shape index (κ2) is 7.87. The summed E-state index contributed by atoms with van der Waals surface area (Å²) in [6, 6.07) is 15.5. The molecule has 0 radical (unpaired) electrons. The van der Waals surface area contributed by atoms with Gasteiger partial charge < -0.3 is 15.2 Å². The zero-order valence-corrected chi connectivity index (χ0v) is 15.0. The summed E-state index contributed by atoms with van der Waals surface area (Å²) in [7, 11) is 0. The number of carbonyl (C=O) groups excluding carboxylic acids is 1. The van der Waals surface area contributed by atoms with Crippen molar-refractivity contribution in [3.63, 3.8) is 0 Å². The molecule has 7 heteroatoms. The summed E-state index contributed by atoms with van der Waals surface area (Å²) in [5.41, 5.74) is 2.07. The van der Waals surface area contributed by atoms with Crippen LogP contribution in [0.3, 0.4) is 0 Å². The third-order valence-electron chi connectivity index (χ3n) is 4.32. The minimum Gasteiger partial charge on any atom is -0.350 e. The van der Waals surface area contributed by atoms with Crippen LogP contribution in [0.2, 0.25) is 0 Å². The van der Waals surface area contributed by atoms with Gasteiger partial charge >= 0.3 is 0 Å². The Hall–Kier alpha value is -3.74. The Bertz CT molecular complexity index is 1110. The molecule has 4 aromatic rings. The third-order valence-corrected chi connectivity index (χ3v) is 4.32. The standard InChI is InChI=1S/C21H18FN5O/c22-17-6-5-15-7-11-27(19(15)14-17)12-10-23-20(28)16-3-1-4-18(13-16)26-21-24-8-2-9-25-21/h1-9,11,13-14H,10,12H2,(H,23,28)(H,24,25,26). The third kappa shape index (κ3) is 3.98. The molecule has 2 heterocycles. The first-order valence-electron chi connectivity index (χ1n) is 8.86. The Balaban J connectivity index is 1.38. The first kappa shape index (κ1) is 17.7. The number of hydrogen-bond donors (Lipinski definition) is 2. The molecule has 2 N–H and O–H groups in total. The van der Waals surface area contributed by atoms with Crippen molar-refractivity contribution < 1.29 is 9.18 Å². The van der Waals surface area contributed by atoms with Gasteiger partial charge in [0.25, 0.3) is 5.91 Å². The number of carbonyl (C=O) groups is 1. The van der Waals surface area contributed by atoms with E-state index in [1.807, 2.05) is 22.9 Å². The zero-order valence-electron chi connectivity index (χ0n) is 15.0. The number of halogens is 1. The van der Waals surface area contributed by atoms with Crippen LogP contribution in [0, 0.1) is 5.82 Å². The monoisotopic (exact) mass is 375 g/mol. The van der Waals surface area contributed by atoms with Crippen LogP contribution in [0.15, 0.2) is 73.2 Å². The van der Waals surface area contributed by atoms with Crippen LogP contribution in [-0.4, -0.2) is 27.0 Å². The SMILES string of the molecule is O=C(NCCn1ccc2ccc(F)cc21)c1cccc(Nc2ncccn2)c1. The molecule has 140 valence electrons. The van der Waals surface area contributed by atoms with Crippen molar-refractivity contribution in [1.29, 1.82) is 0 Å². The normalized spacial score (nSPS) is 10.8. The molecule has 0 saturated heterocycles. The van der Waals surface area contributed by atoms with E-state index in [1.54, 1.807) is 42.7 Å². The summed E-state index contributed by atoms with van der Waals surface area (Å²) in [5, 5.41) is 6.92. The van der Waals surface area contributed by atoms with Crippen molar-refractivity contribution >= 4 is 28.4 Å². The fourth-order valence-corrected chi connectivity index (χ4v) is 2.97. The number of rotatable bonds is 6. The van der Waals surface area contributed by atoms with Crippen LogP contribution < -0.4 is 10.6 Å². The largest absolute Gasteiger partial charge is 0.350 e. The van der Waals surface area contributed by atoms with Gasteiger partial charge in [-0.15, -0.1) is 0 Å². The average molecular weight is 375 g/mol. The second-order valence-corrected chi connectivity index (χ2v) is 6.25. The van der Waals surface area contributed by atoms with Crippen LogP contribution in [0.4, 0.5) is 16.0 Å². The maximum atomic E-state index is 13.5. The first-order valence-corrected chi connectivity index (χ1v) is 8.86. The molecule has 0 saturated carbocycles. The highest BCUT2D eigenvalue weighted by Gasteiger charge is 2.07. The maximum absolute atomic E-state index is 13.5. The van der Waals surface area contributed by atoms with Crippen molar-refractivity contribution in [1.82, 2.24) is 19.9 Å². The van der Waals surface area contributed by atoms with E-state index in [2.05, 4.69) is 20.6 Å². The lowest BCUT2D eigenvalue weighted by Gasteiger charge is -2.09. The lowest BCUT2D eigenvalue weighted by Crippen LogP contribution is -2.27. The molecular formula is C21H18FN5O. The molecule has 0 unspecified atom stereocenters. The number of anilines is 2. The molecule has 0 spiro atoms. The molecule has 0 aliphatic heterocycles. The summed E-state index contributed by atoms with van der Waals surface area (Å²) in [4.78, 5) is 20.7. The highest BCUT2D eigenvalue weighted by atomic mass is 19.1. The van der Waals surface area contributed by atoms with Gasteiger partial charge in [-0.25, -0.2) is 14.4 Å². The molecule has 28 heavy (non-hydrogen) atoms. The van der Waals surface area contributed by atoms with Gasteiger partial charge in [-0.1, -0.05) is 6.07 Å². The minimum atomic E-state index is -0.275. The smallest absolute Gasteiger partial charge is 0.251 e. The van der Waals surface area contributed by atoms with Gasteiger partial charge in [0.1, 0.15) is 5.82 Å². The van der Waals surface area contributed by atoms with Gasteiger partial charge in [-0.05, 0) is 53.9 Å². The van der Waals surface area contributed by atoms with Crippen molar-refractivity contribution in [2.45, 2.75) is 6.54 Å². The molecule has 0 bridgehead atoms. The van der Waals surface area contributed by atoms with Crippen LogP contribution >= 0.6 is 0 Å². The molecule has 6 nitrogen and oxygen atoms in total. The Morgan fingerprint density at radius 2 is 1.89 bits per heavy atom. The summed E-state index contributed by atoms with van der Waals surface area (Å²) in [6.45, 7) is 0.979. The highest BCUT2D eigenvalue weighted by Crippen LogP contribution is 2.17. The number of nitrogens with one attached hydrogen (secondary N) is 2. The van der Waals surface area contributed by atoms with E-state index in [4.69, 9.17) is 0 Å². The van der Waals surface area contributed by atoms with E-state index in [1.165, 1.54) is 12.1 Å².